The van der Waals surface area contributed by atoms with Crippen LogP contribution in [-0.4, -0.2) is 24.7 Å². The molecule has 1 rings (SSSR count). The van der Waals surface area contributed by atoms with E-state index in [0.717, 1.165) is 24.9 Å². The molecule has 112 valence electrons. The normalized spacial score (nSPS) is 11.2. The molecule has 0 unspecified atom stereocenters. The molecule has 2 N–H and O–H groups in total. The maximum atomic E-state index is 11.5. The van der Waals surface area contributed by atoms with Crippen molar-refractivity contribution in [3.63, 3.8) is 0 Å². The van der Waals surface area contributed by atoms with Crippen LogP contribution in [0.15, 0.2) is 30.3 Å². The second kappa shape index (κ2) is 8.59. The Balaban J connectivity index is 2.01. The molecule has 0 heterocycles. The van der Waals surface area contributed by atoms with Crippen molar-refractivity contribution in [2.75, 3.05) is 13.1 Å². The van der Waals surface area contributed by atoms with E-state index in [4.69, 9.17) is 4.74 Å². The number of carbonyl (C=O) groups excluding carboxylic acids is 1. The maximum Gasteiger partial charge on any atom is 0.407 e. The Morgan fingerprint density at radius 2 is 1.75 bits per heavy atom. The van der Waals surface area contributed by atoms with Crippen molar-refractivity contribution in [1.29, 1.82) is 0 Å². The van der Waals surface area contributed by atoms with Crippen LogP contribution in [0.4, 0.5) is 4.79 Å². The summed E-state index contributed by atoms with van der Waals surface area (Å²) in [5.74, 6) is 0. The lowest BCUT2D eigenvalue weighted by Gasteiger charge is -2.20. The van der Waals surface area contributed by atoms with Crippen LogP contribution >= 0.6 is 0 Å². The molecule has 0 saturated carbocycles. The van der Waals surface area contributed by atoms with Crippen molar-refractivity contribution >= 4 is 6.09 Å². The summed E-state index contributed by atoms with van der Waals surface area (Å²) in [4.78, 5) is 11.5. The summed E-state index contributed by atoms with van der Waals surface area (Å²) in [7, 11) is 0. The summed E-state index contributed by atoms with van der Waals surface area (Å²) in [5, 5.41) is 6.17. The summed E-state index contributed by atoms with van der Waals surface area (Å²) in [6.07, 6.45) is 1.64. The van der Waals surface area contributed by atoms with Crippen LogP contribution in [-0.2, 0) is 11.3 Å². The van der Waals surface area contributed by atoms with Crippen LogP contribution < -0.4 is 10.6 Å². The van der Waals surface area contributed by atoms with Crippen LogP contribution in [0.2, 0.25) is 0 Å². The fourth-order valence-corrected chi connectivity index (χ4v) is 1.68. The number of alkyl carbamates (subject to hydrolysis) is 1. The van der Waals surface area contributed by atoms with Crippen LogP contribution in [0.3, 0.4) is 0 Å². The molecule has 0 aliphatic carbocycles. The number of unbranched alkanes of at least 4 members (excludes halogenated alkanes) is 1. The lowest BCUT2D eigenvalue weighted by Crippen LogP contribution is -2.36. The van der Waals surface area contributed by atoms with Gasteiger partial charge in [0.2, 0.25) is 0 Å². The van der Waals surface area contributed by atoms with Gasteiger partial charge in [-0.1, -0.05) is 30.3 Å². The Kier molecular flexibility index (Phi) is 7.09. The van der Waals surface area contributed by atoms with Gasteiger partial charge in [0.15, 0.2) is 0 Å². The number of hydrogen-bond acceptors (Lipinski definition) is 3. The lowest BCUT2D eigenvalue weighted by atomic mass is 10.1. The first-order valence-corrected chi connectivity index (χ1v) is 7.17. The van der Waals surface area contributed by atoms with E-state index in [1.807, 2.05) is 30.3 Å². The molecule has 1 aromatic rings. The average Bonchev–Trinajstić information content (AvgIpc) is 2.40. The molecule has 0 radical (unpaired) electrons. The van der Waals surface area contributed by atoms with E-state index < -0.39 is 0 Å². The molecule has 1 aromatic carbocycles. The molecule has 20 heavy (non-hydrogen) atoms. The first kappa shape index (κ1) is 16.5. The minimum absolute atomic E-state index is 0.155. The fraction of sp³-hybridized carbons (Fsp3) is 0.562. The third-order valence-electron chi connectivity index (χ3n) is 2.74. The Labute approximate surface area is 121 Å². The quantitative estimate of drug-likeness (QED) is 0.754. The fourth-order valence-electron chi connectivity index (χ4n) is 1.68. The highest BCUT2D eigenvalue weighted by atomic mass is 16.5. The Bertz CT molecular complexity index is 385. The zero-order valence-corrected chi connectivity index (χ0v) is 12.7. The van der Waals surface area contributed by atoms with Crippen LogP contribution in [0, 0.1) is 0 Å². The van der Waals surface area contributed by atoms with Gasteiger partial charge >= 0.3 is 6.09 Å². The van der Waals surface area contributed by atoms with E-state index in [1.165, 1.54) is 0 Å². The standard InChI is InChI=1S/C16H26N2O2/c1-16(2,3)18-12-8-7-11-17-15(19)20-13-14-9-5-4-6-10-14/h4-6,9-10,18H,7-8,11-13H2,1-3H3,(H,17,19). The predicted octanol–water partition coefficient (Wildman–Crippen LogP) is 3.08. The highest BCUT2D eigenvalue weighted by molar-refractivity contribution is 5.67. The highest BCUT2D eigenvalue weighted by Crippen LogP contribution is 2.01. The monoisotopic (exact) mass is 278 g/mol. The molecule has 4 heteroatoms. The first-order chi connectivity index (χ1) is 9.47. The molecule has 0 aromatic heterocycles. The third kappa shape index (κ3) is 8.53. The van der Waals surface area contributed by atoms with Crippen molar-refractivity contribution < 1.29 is 9.53 Å². The van der Waals surface area contributed by atoms with Gasteiger partial charge in [0, 0.05) is 12.1 Å². The summed E-state index contributed by atoms with van der Waals surface area (Å²) in [6.45, 7) is 8.37. The second-order valence-corrected chi connectivity index (χ2v) is 5.87. The molecular formula is C16H26N2O2. The minimum Gasteiger partial charge on any atom is -0.445 e. The number of ether oxygens (including phenoxy) is 1. The molecule has 0 spiro atoms. The largest absolute Gasteiger partial charge is 0.445 e. The smallest absolute Gasteiger partial charge is 0.407 e. The molecule has 0 bridgehead atoms. The van der Waals surface area contributed by atoms with Crippen LogP contribution in [0.1, 0.15) is 39.2 Å². The Hall–Kier alpha value is -1.55. The van der Waals surface area contributed by atoms with Gasteiger partial charge in [-0.3, -0.25) is 0 Å². The Morgan fingerprint density at radius 1 is 1.10 bits per heavy atom. The van der Waals surface area contributed by atoms with Gasteiger partial charge in [-0.15, -0.1) is 0 Å². The average molecular weight is 278 g/mol. The molecule has 0 atom stereocenters. The molecule has 0 saturated heterocycles. The van der Waals surface area contributed by atoms with Gasteiger partial charge < -0.3 is 15.4 Å². The number of amides is 1. The van der Waals surface area contributed by atoms with E-state index in [0.29, 0.717) is 13.2 Å². The number of carbonyl (C=O) groups is 1. The minimum atomic E-state index is -0.349. The van der Waals surface area contributed by atoms with E-state index in [2.05, 4.69) is 31.4 Å². The molecule has 0 fully saturated rings. The molecule has 0 aliphatic heterocycles. The zero-order valence-electron chi connectivity index (χ0n) is 12.7. The van der Waals surface area contributed by atoms with Crippen molar-refractivity contribution in [3.8, 4) is 0 Å². The zero-order chi connectivity index (χ0) is 14.8. The molecule has 1 amide bonds. The number of benzene rings is 1. The highest BCUT2D eigenvalue weighted by Gasteiger charge is 2.07. The molecule has 4 nitrogen and oxygen atoms in total. The van der Waals surface area contributed by atoms with Crippen LogP contribution in [0.25, 0.3) is 0 Å². The second-order valence-electron chi connectivity index (χ2n) is 5.87. The number of hydrogen-bond donors (Lipinski definition) is 2. The summed E-state index contributed by atoms with van der Waals surface area (Å²) in [6, 6.07) is 9.67. The van der Waals surface area contributed by atoms with E-state index in [1.54, 1.807) is 0 Å². The SMILES string of the molecule is CC(C)(C)NCCCCNC(=O)OCc1ccccc1. The first-order valence-electron chi connectivity index (χ1n) is 7.17. The summed E-state index contributed by atoms with van der Waals surface area (Å²) < 4.78 is 5.12. The number of rotatable bonds is 7. The van der Waals surface area contributed by atoms with E-state index >= 15 is 0 Å². The van der Waals surface area contributed by atoms with E-state index in [9.17, 15) is 4.79 Å². The Morgan fingerprint density at radius 3 is 2.40 bits per heavy atom. The van der Waals surface area contributed by atoms with Gasteiger partial charge in [-0.05, 0) is 45.7 Å². The van der Waals surface area contributed by atoms with Gasteiger partial charge in [0.05, 0.1) is 0 Å². The van der Waals surface area contributed by atoms with Crippen molar-refractivity contribution in [3.05, 3.63) is 35.9 Å². The maximum absolute atomic E-state index is 11.5. The summed E-state index contributed by atoms with van der Waals surface area (Å²) in [5.41, 5.74) is 1.15. The third-order valence-corrected chi connectivity index (χ3v) is 2.74. The van der Waals surface area contributed by atoms with Gasteiger partial charge in [-0.2, -0.15) is 0 Å². The van der Waals surface area contributed by atoms with Gasteiger partial charge in [0.1, 0.15) is 6.61 Å². The van der Waals surface area contributed by atoms with E-state index in [-0.39, 0.29) is 11.6 Å². The lowest BCUT2D eigenvalue weighted by molar-refractivity contribution is 0.139. The molecule has 0 aliphatic rings. The summed E-state index contributed by atoms with van der Waals surface area (Å²) >= 11 is 0. The predicted molar refractivity (Wildman–Crippen MR) is 81.6 cm³/mol. The van der Waals surface area contributed by atoms with Crippen LogP contribution in [0.5, 0.6) is 0 Å². The van der Waals surface area contributed by atoms with Crippen molar-refractivity contribution in [2.24, 2.45) is 0 Å². The van der Waals surface area contributed by atoms with Gasteiger partial charge in [-0.25, -0.2) is 4.79 Å². The van der Waals surface area contributed by atoms with Gasteiger partial charge in [0.25, 0.3) is 0 Å². The molecular weight excluding hydrogens is 252 g/mol. The number of nitrogens with one attached hydrogen (secondary N) is 2. The topological polar surface area (TPSA) is 50.4 Å². The van der Waals surface area contributed by atoms with Crippen molar-refractivity contribution in [2.45, 2.75) is 45.8 Å². The van der Waals surface area contributed by atoms with Crippen molar-refractivity contribution in [1.82, 2.24) is 10.6 Å².